The summed E-state index contributed by atoms with van der Waals surface area (Å²) in [6.45, 7) is 0.803. The predicted molar refractivity (Wildman–Crippen MR) is 73.4 cm³/mol. The molecule has 0 aliphatic heterocycles. The average Bonchev–Trinajstić information content (AvgIpc) is 3.18. The number of rotatable bonds is 6. The molecule has 0 aromatic heterocycles. The van der Waals surface area contributed by atoms with Crippen molar-refractivity contribution in [3.8, 4) is 5.75 Å². The minimum absolute atomic E-state index is 0.131. The number of ether oxygens (including phenoxy) is 1. The smallest absolute Gasteiger partial charge is 0.319 e. The van der Waals surface area contributed by atoms with Crippen LogP contribution in [0.2, 0.25) is 0 Å². The first-order chi connectivity index (χ1) is 9.17. The van der Waals surface area contributed by atoms with Crippen LogP contribution in [0.15, 0.2) is 24.3 Å². The monoisotopic (exact) mass is 264 g/mol. The van der Waals surface area contributed by atoms with Crippen molar-refractivity contribution in [3.05, 3.63) is 24.3 Å². The molecule has 0 bridgehead atoms. The van der Waals surface area contributed by atoms with E-state index in [0.717, 1.165) is 30.7 Å². The second kappa shape index (κ2) is 5.93. The van der Waals surface area contributed by atoms with Gasteiger partial charge >= 0.3 is 6.03 Å². The highest BCUT2D eigenvalue weighted by Gasteiger charge is 2.41. The Morgan fingerprint density at radius 1 is 1.37 bits per heavy atom. The van der Waals surface area contributed by atoms with E-state index in [2.05, 4.69) is 10.6 Å². The number of hydrogen-bond donors (Lipinski definition) is 3. The molecule has 104 valence electrons. The van der Waals surface area contributed by atoms with E-state index in [-0.39, 0.29) is 18.1 Å². The van der Waals surface area contributed by atoms with E-state index >= 15 is 0 Å². The van der Waals surface area contributed by atoms with E-state index in [9.17, 15) is 4.79 Å². The standard InChI is InChI=1S/C14H20N2O3/c1-19-12-4-2-11(3-5-12)16-13(18)15-10-14(6-7-14)8-9-17/h2-5,17H,6-10H2,1H3,(H2,15,16,18). The topological polar surface area (TPSA) is 70.6 Å². The van der Waals surface area contributed by atoms with Crippen molar-refractivity contribution in [3.63, 3.8) is 0 Å². The van der Waals surface area contributed by atoms with Gasteiger partial charge in [-0.25, -0.2) is 4.79 Å². The molecule has 0 unspecified atom stereocenters. The van der Waals surface area contributed by atoms with Crippen LogP contribution in [-0.2, 0) is 0 Å². The van der Waals surface area contributed by atoms with Crippen LogP contribution >= 0.6 is 0 Å². The Bertz CT molecular complexity index is 427. The van der Waals surface area contributed by atoms with Gasteiger partial charge in [-0.2, -0.15) is 0 Å². The van der Waals surface area contributed by atoms with Crippen molar-refractivity contribution in [2.24, 2.45) is 5.41 Å². The van der Waals surface area contributed by atoms with Gasteiger partial charge in [-0.3, -0.25) is 0 Å². The third kappa shape index (κ3) is 3.86. The van der Waals surface area contributed by atoms with Gasteiger partial charge in [0.2, 0.25) is 0 Å². The average molecular weight is 264 g/mol. The van der Waals surface area contributed by atoms with Gasteiger partial charge < -0.3 is 20.5 Å². The molecule has 0 heterocycles. The van der Waals surface area contributed by atoms with E-state index in [1.165, 1.54) is 0 Å². The summed E-state index contributed by atoms with van der Waals surface area (Å²) in [5.74, 6) is 0.755. The molecule has 0 radical (unpaired) electrons. The molecule has 0 spiro atoms. The number of urea groups is 1. The van der Waals surface area contributed by atoms with E-state index in [1.54, 1.807) is 31.4 Å². The van der Waals surface area contributed by atoms with Gasteiger partial charge in [0.15, 0.2) is 0 Å². The van der Waals surface area contributed by atoms with Crippen molar-refractivity contribution >= 4 is 11.7 Å². The maximum Gasteiger partial charge on any atom is 0.319 e. The lowest BCUT2D eigenvalue weighted by atomic mass is 10.0. The molecule has 1 saturated carbocycles. The molecule has 2 rings (SSSR count). The fourth-order valence-electron chi connectivity index (χ4n) is 2.05. The molecule has 5 heteroatoms. The lowest BCUT2D eigenvalue weighted by Gasteiger charge is -2.15. The Morgan fingerprint density at radius 3 is 2.58 bits per heavy atom. The Kier molecular flexibility index (Phi) is 4.27. The fourth-order valence-corrected chi connectivity index (χ4v) is 2.05. The molecule has 0 atom stereocenters. The predicted octanol–water partition coefficient (Wildman–Crippen LogP) is 1.98. The molecule has 1 aromatic carbocycles. The molecule has 5 nitrogen and oxygen atoms in total. The number of benzene rings is 1. The summed E-state index contributed by atoms with van der Waals surface area (Å²) in [6, 6.07) is 6.96. The lowest BCUT2D eigenvalue weighted by Crippen LogP contribution is -2.34. The summed E-state index contributed by atoms with van der Waals surface area (Å²) in [6.07, 6.45) is 2.92. The summed E-state index contributed by atoms with van der Waals surface area (Å²) in [7, 11) is 1.60. The second-order valence-electron chi connectivity index (χ2n) is 5.01. The van der Waals surface area contributed by atoms with E-state index < -0.39 is 0 Å². The maximum absolute atomic E-state index is 11.7. The number of methoxy groups -OCH3 is 1. The van der Waals surface area contributed by atoms with Crippen LogP contribution in [0.1, 0.15) is 19.3 Å². The number of carbonyl (C=O) groups is 1. The first-order valence-corrected chi connectivity index (χ1v) is 6.47. The molecule has 1 aliphatic carbocycles. The zero-order valence-electron chi connectivity index (χ0n) is 11.1. The third-order valence-electron chi connectivity index (χ3n) is 3.57. The highest BCUT2D eigenvalue weighted by molar-refractivity contribution is 5.89. The van der Waals surface area contributed by atoms with Crippen molar-refractivity contribution in [1.29, 1.82) is 0 Å². The lowest BCUT2D eigenvalue weighted by molar-refractivity contribution is 0.234. The van der Waals surface area contributed by atoms with Gasteiger partial charge in [0, 0.05) is 18.8 Å². The zero-order valence-corrected chi connectivity index (χ0v) is 11.1. The van der Waals surface area contributed by atoms with Crippen LogP contribution in [0.4, 0.5) is 10.5 Å². The number of nitrogens with one attached hydrogen (secondary N) is 2. The summed E-state index contributed by atoms with van der Waals surface area (Å²) in [5, 5.41) is 14.6. The zero-order chi connectivity index (χ0) is 13.7. The minimum atomic E-state index is -0.214. The SMILES string of the molecule is COc1ccc(NC(=O)NCC2(CCO)CC2)cc1. The van der Waals surface area contributed by atoms with Gasteiger partial charge in [-0.15, -0.1) is 0 Å². The molecule has 0 saturated heterocycles. The Balaban J connectivity index is 1.77. The van der Waals surface area contributed by atoms with Crippen LogP contribution in [0.5, 0.6) is 5.75 Å². The molecule has 3 N–H and O–H groups in total. The van der Waals surface area contributed by atoms with Gasteiger partial charge in [-0.1, -0.05) is 0 Å². The van der Waals surface area contributed by atoms with E-state index in [1.807, 2.05) is 0 Å². The van der Waals surface area contributed by atoms with Crippen LogP contribution < -0.4 is 15.4 Å². The first-order valence-electron chi connectivity index (χ1n) is 6.47. The van der Waals surface area contributed by atoms with Crippen molar-refractivity contribution in [2.45, 2.75) is 19.3 Å². The number of amides is 2. The van der Waals surface area contributed by atoms with Crippen LogP contribution in [0.3, 0.4) is 0 Å². The summed E-state index contributed by atoms with van der Waals surface area (Å²) in [5.41, 5.74) is 0.858. The van der Waals surface area contributed by atoms with E-state index in [4.69, 9.17) is 9.84 Å². The van der Waals surface area contributed by atoms with Crippen molar-refractivity contribution in [1.82, 2.24) is 5.32 Å². The number of anilines is 1. The first kappa shape index (κ1) is 13.7. The maximum atomic E-state index is 11.7. The normalized spacial score (nSPS) is 15.7. The fraction of sp³-hybridized carbons (Fsp3) is 0.500. The molecule has 1 aromatic rings. The second-order valence-corrected chi connectivity index (χ2v) is 5.01. The Labute approximate surface area is 113 Å². The summed E-state index contributed by atoms with van der Waals surface area (Å²) >= 11 is 0. The third-order valence-corrected chi connectivity index (χ3v) is 3.57. The summed E-state index contributed by atoms with van der Waals surface area (Å²) < 4.78 is 5.05. The highest BCUT2D eigenvalue weighted by Crippen LogP contribution is 2.47. The molecular formula is C14H20N2O3. The molecule has 19 heavy (non-hydrogen) atoms. The van der Waals surface area contributed by atoms with Crippen molar-refractivity contribution < 1.29 is 14.6 Å². The molecular weight excluding hydrogens is 244 g/mol. The number of aliphatic hydroxyl groups excluding tert-OH is 1. The number of aliphatic hydroxyl groups is 1. The number of carbonyl (C=O) groups excluding carboxylic acids is 1. The van der Waals surface area contributed by atoms with Crippen LogP contribution in [0, 0.1) is 5.41 Å². The van der Waals surface area contributed by atoms with E-state index in [0.29, 0.717) is 6.54 Å². The minimum Gasteiger partial charge on any atom is -0.497 e. The molecule has 2 amide bonds. The van der Waals surface area contributed by atoms with Gasteiger partial charge in [0.1, 0.15) is 5.75 Å². The van der Waals surface area contributed by atoms with Crippen LogP contribution in [0.25, 0.3) is 0 Å². The molecule has 1 aliphatic rings. The van der Waals surface area contributed by atoms with Gasteiger partial charge in [0.25, 0.3) is 0 Å². The van der Waals surface area contributed by atoms with Crippen LogP contribution in [-0.4, -0.2) is 31.4 Å². The molecule has 1 fully saturated rings. The Hall–Kier alpha value is -1.75. The largest absolute Gasteiger partial charge is 0.497 e. The van der Waals surface area contributed by atoms with Gasteiger partial charge in [0.05, 0.1) is 7.11 Å². The number of hydrogen-bond acceptors (Lipinski definition) is 3. The quantitative estimate of drug-likeness (QED) is 0.735. The highest BCUT2D eigenvalue weighted by atomic mass is 16.5. The summed E-state index contributed by atoms with van der Waals surface area (Å²) in [4.78, 5) is 11.7. The Morgan fingerprint density at radius 2 is 2.05 bits per heavy atom. The van der Waals surface area contributed by atoms with Gasteiger partial charge in [-0.05, 0) is 48.9 Å². The van der Waals surface area contributed by atoms with Crippen molar-refractivity contribution in [2.75, 3.05) is 25.6 Å².